The fraction of sp³-hybridized carbons (Fsp3) is 0.250. The second-order valence-corrected chi connectivity index (χ2v) is 4.74. The van der Waals surface area contributed by atoms with Crippen LogP contribution in [-0.2, 0) is 4.79 Å². The van der Waals surface area contributed by atoms with E-state index in [4.69, 9.17) is 4.42 Å². The van der Waals surface area contributed by atoms with Crippen molar-refractivity contribution < 1.29 is 14.0 Å². The number of rotatable bonds is 5. The second kappa shape index (κ2) is 6.74. The van der Waals surface area contributed by atoms with Crippen molar-refractivity contribution in [2.75, 3.05) is 13.6 Å². The van der Waals surface area contributed by atoms with Crippen LogP contribution in [0.2, 0.25) is 0 Å². The molecule has 0 aliphatic heterocycles. The molecule has 1 heterocycles. The highest BCUT2D eigenvalue weighted by Crippen LogP contribution is 2.18. The molecule has 110 valence electrons. The zero-order valence-corrected chi connectivity index (χ0v) is 12.1. The minimum absolute atomic E-state index is 0.0464. The Morgan fingerprint density at radius 3 is 2.52 bits per heavy atom. The smallest absolute Gasteiger partial charge is 0.251 e. The van der Waals surface area contributed by atoms with Crippen molar-refractivity contribution in [2.45, 2.75) is 13.0 Å². The van der Waals surface area contributed by atoms with Crippen LogP contribution in [0.3, 0.4) is 0 Å². The molecule has 1 aromatic carbocycles. The van der Waals surface area contributed by atoms with Gasteiger partial charge in [0.05, 0.1) is 18.8 Å². The molecular weight excluding hydrogens is 268 g/mol. The molecule has 0 spiro atoms. The van der Waals surface area contributed by atoms with Gasteiger partial charge < -0.3 is 14.6 Å². The fourth-order valence-corrected chi connectivity index (χ4v) is 1.91. The highest BCUT2D eigenvalue weighted by molar-refractivity contribution is 5.96. The van der Waals surface area contributed by atoms with Gasteiger partial charge in [0.2, 0.25) is 5.91 Å². The molecule has 2 amide bonds. The number of carbonyl (C=O) groups excluding carboxylic acids is 2. The molecule has 2 rings (SSSR count). The van der Waals surface area contributed by atoms with Gasteiger partial charge in [-0.05, 0) is 31.2 Å². The van der Waals surface area contributed by atoms with Gasteiger partial charge in [0.15, 0.2) is 0 Å². The maximum atomic E-state index is 12.1. The van der Waals surface area contributed by atoms with Crippen LogP contribution in [0.25, 0.3) is 0 Å². The first-order valence-electron chi connectivity index (χ1n) is 6.72. The SMILES string of the molecule is CC(c1ccco1)N(C)C(=O)CNC(=O)c1ccccc1. The summed E-state index contributed by atoms with van der Waals surface area (Å²) in [6.07, 6.45) is 1.57. The van der Waals surface area contributed by atoms with E-state index >= 15 is 0 Å². The second-order valence-electron chi connectivity index (χ2n) is 4.74. The van der Waals surface area contributed by atoms with Crippen LogP contribution in [0.15, 0.2) is 53.1 Å². The summed E-state index contributed by atoms with van der Waals surface area (Å²) < 4.78 is 5.28. The van der Waals surface area contributed by atoms with E-state index in [1.165, 1.54) is 0 Å². The Kier molecular flexibility index (Phi) is 4.77. The van der Waals surface area contributed by atoms with E-state index in [-0.39, 0.29) is 24.4 Å². The Morgan fingerprint density at radius 2 is 1.90 bits per heavy atom. The van der Waals surface area contributed by atoms with E-state index in [0.717, 1.165) is 0 Å². The molecule has 1 aromatic heterocycles. The molecule has 1 N–H and O–H groups in total. The molecular formula is C16H18N2O3. The Bertz CT molecular complexity index is 593. The number of amides is 2. The maximum absolute atomic E-state index is 12.1. The molecule has 1 unspecified atom stereocenters. The predicted octanol–water partition coefficient (Wildman–Crippen LogP) is 2.23. The Hall–Kier alpha value is -2.56. The van der Waals surface area contributed by atoms with Crippen molar-refractivity contribution in [2.24, 2.45) is 0 Å². The van der Waals surface area contributed by atoms with Crippen molar-refractivity contribution in [3.8, 4) is 0 Å². The quantitative estimate of drug-likeness (QED) is 0.916. The molecule has 0 radical (unpaired) electrons. The molecule has 0 bridgehead atoms. The van der Waals surface area contributed by atoms with Crippen LogP contribution in [0, 0.1) is 0 Å². The van der Waals surface area contributed by atoms with E-state index in [9.17, 15) is 9.59 Å². The number of hydrogen-bond acceptors (Lipinski definition) is 3. The van der Waals surface area contributed by atoms with Crippen LogP contribution in [0.1, 0.15) is 29.1 Å². The molecule has 5 nitrogen and oxygen atoms in total. The average molecular weight is 286 g/mol. The Balaban J connectivity index is 1.88. The zero-order chi connectivity index (χ0) is 15.2. The molecule has 0 saturated heterocycles. The van der Waals surface area contributed by atoms with Crippen LogP contribution < -0.4 is 5.32 Å². The number of carbonyl (C=O) groups is 2. The van der Waals surface area contributed by atoms with Gasteiger partial charge in [0.25, 0.3) is 5.91 Å². The maximum Gasteiger partial charge on any atom is 0.251 e. The number of nitrogens with zero attached hydrogens (tertiary/aromatic N) is 1. The largest absolute Gasteiger partial charge is 0.467 e. The minimum atomic E-state index is -0.261. The topological polar surface area (TPSA) is 62.6 Å². The number of nitrogens with one attached hydrogen (secondary N) is 1. The molecule has 0 fully saturated rings. The monoisotopic (exact) mass is 286 g/mol. The van der Waals surface area contributed by atoms with Crippen molar-refractivity contribution in [3.05, 3.63) is 60.1 Å². The van der Waals surface area contributed by atoms with E-state index in [1.54, 1.807) is 48.5 Å². The van der Waals surface area contributed by atoms with Gasteiger partial charge in [-0.1, -0.05) is 18.2 Å². The van der Waals surface area contributed by atoms with Gasteiger partial charge in [-0.2, -0.15) is 0 Å². The summed E-state index contributed by atoms with van der Waals surface area (Å²) in [5, 5.41) is 2.62. The summed E-state index contributed by atoms with van der Waals surface area (Å²) in [6.45, 7) is 1.82. The Morgan fingerprint density at radius 1 is 1.19 bits per heavy atom. The van der Waals surface area contributed by atoms with E-state index in [1.807, 2.05) is 19.1 Å². The summed E-state index contributed by atoms with van der Waals surface area (Å²) in [5.74, 6) is 0.270. The first-order chi connectivity index (χ1) is 10.1. The number of hydrogen-bond donors (Lipinski definition) is 1. The van der Waals surface area contributed by atoms with Gasteiger partial charge in [-0.3, -0.25) is 9.59 Å². The van der Waals surface area contributed by atoms with Crippen molar-refractivity contribution in [3.63, 3.8) is 0 Å². The predicted molar refractivity (Wildman–Crippen MR) is 78.7 cm³/mol. The van der Waals surface area contributed by atoms with Crippen LogP contribution in [0.4, 0.5) is 0 Å². The van der Waals surface area contributed by atoms with Crippen molar-refractivity contribution in [1.82, 2.24) is 10.2 Å². The van der Waals surface area contributed by atoms with Crippen LogP contribution in [-0.4, -0.2) is 30.3 Å². The average Bonchev–Trinajstić information content (AvgIpc) is 3.06. The lowest BCUT2D eigenvalue weighted by Gasteiger charge is -2.23. The molecule has 1 atom stereocenters. The highest BCUT2D eigenvalue weighted by Gasteiger charge is 2.19. The van der Waals surface area contributed by atoms with E-state index < -0.39 is 0 Å². The summed E-state index contributed by atoms with van der Waals surface area (Å²) in [5.41, 5.74) is 0.534. The van der Waals surface area contributed by atoms with Crippen LogP contribution in [0.5, 0.6) is 0 Å². The van der Waals surface area contributed by atoms with Gasteiger partial charge in [-0.15, -0.1) is 0 Å². The number of likely N-dealkylation sites (N-methyl/N-ethyl adjacent to an activating group) is 1. The van der Waals surface area contributed by atoms with Crippen molar-refractivity contribution in [1.29, 1.82) is 0 Å². The highest BCUT2D eigenvalue weighted by atomic mass is 16.3. The van der Waals surface area contributed by atoms with E-state index in [2.05, 4.69) is 5.32 Å². The third-order valence-electron chi connectivity index (χ3n) is 3.37. The molecule has 21 heavy (non-hydrogen) atoms. The summed E-state index contributed by atoms with van der Waals surface area (Å²) in [7, 11) is 1.68. The van der Waals surface area contributed by atoms with Gasteiger partial charge in [0.1, 0.15) is 5.76 Å². The standard InChI is InChI=1S/C16H18N2O3/c1-12(14-9-6-10-21-14)18(2)15(19)11-17-16(20)13-7-4-3-5-8-13/h3-10,12H,11H2,1-2H3,(H,17,20). The van der Waals surface area contributed by atoms with Gasteiger partial charge in [-0.25, -0.2) is 0 Å². The lowest BCUT2D eigenvalue weighted by molar-refractivity contribution is -0.131. The lowest BCUT2D eigenvalue weighted by Crippen LogP contribution is -2.39. The molecule has 5 heteroatoms. The third kappa shape index (κ3) is 3.72. The minimum Gasteiger partial charge on any atom is -0.467 e. The molecule has 0 aliphatic rings. The third-order valence-corrected chi connectivity index (χ3v) is 3.37. The summed E-state index contributed by atoms with van der Waals surface area (Å²) in [6, 6.07) is 12.2. The first-order valence-corrected chi connectivity index (χ1v) is 6.72. The van der Waals surface area contributed by atoms with E-state index in [0.29, 0.717) is 11.3 Å². The zero-order valence-electron chi connectivity index (χ0n) is 12.1. The molecule has 0 aliphatic carbocycles. The normalized spacial score (nSPS) is 11.7. The number of benzene rings is 1. The fourth-order valence-electron chi connectivity index (χ4n) is 1.91. The first kappa shape index (κ1) is 14.8. The molecule has 2 aromatic rings. The van der Waals surface area contributed by atoms with Crippen molar-refractivity contribution >= 4 is 11.8 Å². The Labute approximate surface area is 123 Å². The summed E-state index contributed by atoms with van der Waals surface area (Å²) in [4.78, 5) is 25.5. The lowest BCUT2D eigenvalue weighted by atomic mass is 10.2. The van der Waals surface area contributed by atoms with Gasteiger partial charge >= 0.3 is 0 Å². The van der Waals surface area contributed by atoms with Gasteiger partial charge in [0, 0.05) is 12.6 Å². The summed E-state index contributed by atoms with van der Waals surface area (Å²) >= 11 is 0. The number of furan rings is 1. The molecule has 0 saturated carbocycles. The van der Waals surface area contributed by atoms with Crippen LogP contribution >= 0.6 is 0 Å².